The molecule has 9 aromatic rings. The molecule has 10 rings (SSSR count). The summed E-state index contributed by atoms with van der Waals surface area (Å²) >= 11 is 0. The van der Waals surface area contributed by atoms with Crippen LogP contribution in [0.3, 0.4) is 0 Å². The van der Waals surface area contributed by atoms with E-state index in [1.807, 2.05) is 36.5 Å². The number of fused-ring (bicyclic) bond motifs is 4. The molecule has 0 radical (unpaired) electrons. The Labute approximate surface area is 265 Å². The molecule has 0 spiro atoms. The second-order valence-corrected chi connectivity index (χ2v) is 12.9. The normalized spacial score (nSPS) is 13.6. The first-order valence-corrected chi connectivity index (χ1v) is 15.7. The molecule has 3 heterocycles. The Balaban J connectivity index is 1.08. The standard InChI is InChI=1S/C42H27N3O/c1-42(2)32-22-30(24-9-13-27(14-10-24)41-45-35-7-3-4-8-36(35)46-41)20-28-15-16-29-21-31(23-33(42)38(29)37(28)32)34-18-17-26-12-11-25-6-5-19-43-39(25)40(26)44-34/h3-23H,1-2H3. The quantitative estimate of drug-likeness (QED) is 0.192. The monoisotopic (exact) mass is 589 g/mol. The van der Waals surface area contributed by atoms with Crippen LogP contribution in [0.25, 0.3) is 88.3 Å². The molecule has 0 atom stereocenters. The maximum atomic E-state index is 6.02. The van der Waals surface area contributed by atoms with E-state index in [0.717, 1.165) is 49.7 Å². The Morgan fingerprint density at radius 2 is 1.17 bits per heavy atom. The largest absolute Gasteiger partial charge is 0.436 e. The van der Waals surface area contributed by atoms with Crippen molar-refractivity contribution in [1.29, 1.82) is 0 Å². The average Bonchev–Trinajstić information content (AvgIpc) is 3.64. The summed E-state index contributed by atoms with van der Waals surface area (Å²) in [4.78, 5) is 14.5. The molecule has 0 N–H and O–H groups in total. The molecule has 1 aliphatic rings. The van der Waals surface area contributed by atoms with Crippen molar-refractivity contribution in [3.63, 3.8) is 0 Å². The molecule has 6 aromatic carbocycles. The van der Waals surface area contributed by atoms with Crippen LogP contribution < -0.4 is 0 Å². The van der Waals surface area contributed by atoms with Gasteiger partial charge < -0.3 is 4.42 Å². The third-order valence-corrected chi connectivity index (χ3v) is 9.86. The minimum Gasteiger partial charge on any atom is -0.436 e. The highest BCUT2D eigenvalue weighted by Crippen LogP contribution is 2.51. The molecule has 0 saturated carbocycles. The summed E-state index contributed by atoms with van der Waals surface area (Å²) in [5, 5.41) is 7.44. The van der Waals surface area contributed by atoms with Crippen LogP contribution in [-0.4, -0.2) is 15.0 Å². The van der Waals surface area contributed by atoms with Gasteiger partial charge in [-0.1, -0.05) is 74.5 Å². The maximum absolute atomic E-state index is 6.02. The lowest BCUT2D eigenvalue weighted by Gasteiger charge is -2.23. The van der Waals surface area contributed by atoms with Gasteiger partial charge in [-0.3, -0.25) is 4.98 Å². The van der Waals surface area contributed by atoms with Gasteiger partial charge in [0.25, 0.3) is 0 Å². The van der Waals surface area contributed by atoms with Gasteiger partial charge in [0, 0.05) is 33.5 Å². The van der Waals surface area contributed by atoms with E-state index >= 15 is 0 Å². The van der Waals surface area contributed by atoms with Crippen LogP contribution in [0.4, 0.5) is 0 Å². The SMILES string of the molecule is CC1(C)c2cc(-c3ccc(-c4nc5ccccc5o4)cc3)cc3ccc4cc(-c5ccc6ccc7cccnc7c6n5)cc1c4c23. The minimum absolute atomic E-state index is 0.171. The number of pyridine rings is 2. The lowest BCUT2D eigenvalue weighted by molar-refractivity contribution is 0.620. The Morgan fingerprint density at radius 3 is 1.96 bits per heavy atom. The number of nitrogens with zero attached hydrogens (tertiary/aromatic N) is 3. The fourth-order valence-electron chi connectivity index (χ4n) is 7.46. The molecule has 0 unspecified atom stereocenters. The second kappa shape index (κ2) is 9.09. The molecule has 0 bridgehead atoms. The van der Waals surface area contributed by atoms with Crippen LogP contribution >= 0.6 is 0 Å². The molecular formula is C42H27N3O. The maximum Gasteiger partial charge on any atom is 0.227 e. The van der Waals surface area contributed by atoms with Gasteiger partial charge in [-0.25, -0.2) is 9.97 Å². The predicted octanol–water partition coefficient (Wildman–Crippen LogP) is 10.9. The van der Waals surface area contributed by atoms with E-state index in [-0.39, 0.29) is 5.41 Å². The van der Waals surface area contributed by atoms with Crippen molar-refractivity contribution in [1.82, 2.24) is 15.0 Å². The van der Waals surface area contributed by atoms with E-state index in [1.54, 1.807) is 0 Å². The van der Waals surface area contributed by atoms with E-state index in [4.69, 9.17) is 9.40 Å². The molecule has 46 heavy (non-hydrogen) atoms. The zero-order valence-electron chi connectivity index (χ0n) is 25.4. The molecule has 1 aliphatic carbocycles. The van der Waals surface area contributed by atoms with Crippen molar-refractivity contribution in [3.05, 3.63) is 139 Å². The van der Waals surface area contributed by atoms with E-state index in [1.165, 1.54) is 43.8 Å². The first kappa shape index (κ1) is 25.5. The molecule has 0 fully saturated rings. The third-order valence-electron chi connectivity index (χ3n) is 9.86. The average molecular weight is 590 g/mol. The molecule has 0 saturated heterocycles. The molecule has 0 aliphatic heterocycles. The van der Waals surface area contributed by atoms with Gasteiger partial charge in [0.1, 0.15) is 5.52 Å². The third kappa shape index (κ3) is 3.58. The molecular weight excluding hydrogens is 562 g/mol. The van der Waals surface area contributed by atoms with Crippen molar-refractivity contribution in [2.45, 2.75) is 19.3 Å². The van der Waals surface area contributed by atoms with Crippen LogP contribution in [0.1, 0.15) is 25.0 Å². The molecule has 4 heteroatoms. The zero-order valence-corrected chi connectivity index (χ0v) is 25.4. The van der Waals surface area contributed by atoms with E-state index in [0.29, 0.717) is 5.89 Å². The number of hydrogen-bond donors (Lipinski definition) is 0. The highest BCUT2D eigenvalue weighted by atomic mass is 16.3. The van der Waals surface area contributed by atoms with Gasteiger partial charge in [-0.15, -0.1) is 0 Å². The summed E-state index contributed by atoms with van der Waals surface area (Å²) in [7, 11) is 0. The molecule has 4 nitrogen and oxygen atoms in total. The number of rotatable bonds is 3. The Bertz CT molecular complexity index is 2690. The molecule has 0 amide bonds. The van der Waals surface area contributed by atoms with Gasteiger partial charge in [0.05, 0.1) is 16.7 Å². The number of oxazole rings is 1. The number of benzene rings is 6. The minimum atomic E-state index is -0.171. The molecule has 216 valence electrons. The van der Waals surface area contributed by atoms with Gasteiger partial charge >= 0.3 is 0 Å². The smallest absolute Gasteiger partial charge is 0.227 e. The highest BCUT2D eigenvalue weighted by molar-refractivity contribution is 6.16. The van der Waals surface area contributed by atoms with Gasteiger partial charge in [0.15, 0.2) is 5.58 Å². The van der Waals surface area contributed by atoms with Gasteiger partial charge in [-0.2, -0.15) is 0 Å². The topological polar surface area (TPSA) is 51.8 Å². The van der Waals surface area contributed by atoms with Gasteiger partial charge in [-0.05, 0) is 104 Å². The van der Waals surface area contributed by atoms with Crippen molar-refractivity contribution in [2.75, 3.05) is 0 Å². The number of hydrogen-bond acceptors (Lipinski definition) is 4. The van der Waals surface area contributed by atoms with Crippen LogP contribution in [0.15, 0.2) is 132 Å². The summed E-state index contributed by atoms with van der Waals surface area (Å²) in [6.07, 6.45) is 1.85. The van der Waals surface area contributed by atoms with E-state index < -0.39 is 0 Å². The van der Waals surface area contributed by atoms with Crippen molar-refractivity contribution in [3.8, 4) is 33.8 Å². The van der Waals surface area contributed by atoms with Crippen LogP contribution in [-0.2, 0) is 5.41 Å². The lowest BCUT2D eigenvalue weighted by Crippen LogP contribution is -2.15. The lowest BCUT2D eigenvalue weighted by atomic mass is 9.80. The Hall–Kier alpha value is -5.87. The predicted molar refractivity (Wildman–Crippen MR) is 188 cm³/mol. The first-order chi connectivity index (χ1) is 22.5. The Kier molecular flexibility index (Phi) is 5.03. The number of aromatic nitrogens is 3. The van der Waals surface area contributed by atoms with Crippen molar-refractivity contribution < 1.29 is 4.42 Å². The summed E-state index contributed by atoms with van der Waals surface area (Å²) < 4.78 is 6.02. The summed E-state index contributed by atoms with van der Waals surface area (Å²) in [6, 6.07) is 43.0. The summed E-state index contributed by atoms with van der Waals surface area (Å²) in [5.41, 5.74) is 11.6. The zero-order chi connectivity index (χ0) is 30.6. The fraction of sp³-hybridized carbons (Fsp3) is 0.0714. The van der Waals surface area contributed by atoms with Crippen LogP contribution in [0, 0.1) is 0 Å². The van der Waals surface area contributed by atoms with Crippen LogP contribution in [0.5, 0.6) is 0 Å². The fourth-order valence-corrected chi connectivity index (χ4v) is 7.46. The van der Waals surface area contributed by atoms with Crippen LogP contribution in [0.2, 0.25) is 0 Å². The Morgan fingerprint density at radius 1 is 0.522 bits per heavy atom. The first-order valence-electron chi connectivity index (χ1n) is 15.7. The van der Waals surface area contributed by atoms with E-state index in [9.17, 15) is 0 Å². The highest BCUT2D eigenvalue weighted by Gasteiger charge is 2.35. The molecule has 3 aromatic heterocycles. The van der Waals surface area contributed by atoms with Gasteiger partial charge in [0.2, 0.25) is 5.89 Å². The van der Waals surface area contributed by atoms with E-state index in [2.05, 4.69) is 115 Å². The van der Waals surface area contributed by atoms with Crippen molar-refractivity contribution >= 4 is 54.5 Å². The second-order valence-electron chi connectivity index (χ2n) is 12.9. The number of para-hydroxylation sites is 2. The van der Waals surface area contributed by atoms with Crippen molar-refractivity contribution in [2.24, 2.45) is 0 Å². The summed E-state index contributed by atoms with van der Waals surface area (Å²) in [5.74, 6) is 0.644. The summed E-state index contributed by atoms with van der Waals surface area (Å²) in [6.45, 7) is 4.71.